The number of likely N-dealkylation sites (tertiary alicyclic amines) is 2. The summed E-state index contributed by atoms with van der Waals surface area (Å²) < 4.78 is 13.8. The molecule has 2 saturated heterocycles. The van der Waals surface area contributed by atoms with Gasteiger partial charge >= 0.3 is 0 Å². The first-order valence-electron chi connectivity index (χ1n) is 6.18. The summed E-state index contributed by atoms with van der Waals surface area (Å²) in [7, 11) is 2.04. The minimum Gasteiger partial charge on any atom is -0.303 e. The highest BCUT2D eigenvalue weighted by Gasteiger charge is 2.41. The molecule has 2 nitrogen and oxygen atoms in total. The highest BCUT2D eigenvalue weighted by Crippen LogP contribution is 2.40. The maximum Gasteiger partial charge on any atom is 0.113 e. The number of rotatable bonds is 1. The number of nitrogens with zero attached hydrogens (tertiary/aromatic N) is 2. The van der Waals surface area contributed by atoms with E-state index < -0.39 is 6.17 Å². The van der Waals surface area contributed by atoms with Gasteiger partial charge in [0.05, 0.1) is 0 Å². The normalized spacial score (nSPS) is 39.8. The largest absolute Gasteiger partial charge is 0.303 e. The van der Waals surface area contributed by atoms with Crippen LogP contribution >= 0.6 is 0 Å². The van der Waals surface area contributed by atoms with Gasteiger partial charge in [-0.3, -0.25) is 0 Å². The van der Waals surface area contributed by atoms with Crippen molar-refractivity contribution in [3.05, 3.63) is 0 Å². The number of hydrogen-bond acceptors (Lipinski definition) is 2. The van der Waals surface area contributed by atoms with E-state index in [2.05, 4.69) is 16.7 Å². The Morgan fingerprint density at radius 3 is 2.73 bits per heavy atom. The van der Waals surface area contributed by atoms with Crippen molar-refractivity contribution in [2.45, 2.75) is 32.4 Å². The van der Waals surface area contributed by atoms with Gasteiger partial charge in [-0.15, -0.1) is 0 Å². The molecule has 0 bridgehead atoms. The van der Waals surface area contributed by atoms with Gasteiger partial charge in [-0.2, -0.15) is 0 Å². The first-order valence-corrected chi connectivity index (χ1v) is 6.18. The van der Waals surface area contributed by atoms with Crippen LogP contribution in [0.3, 0.4) is 0 Å². The van der Waals surface area contributed by atoms with E-state index >= 15 is 0 Å². The lowest BCUT2D eigenvalue weighted by atomic mass is 9.79. The molecule has 0 amide bonds. The van der Waals surface area contributed by atoms with Crippen LogP contribution in [0.25, 0.3) is 0 Å². The van der Waals surface area contributed by atoms with Gasteiger partial charge in [0.25, 0.3) is 0 Å². The minimum absolute atomic E-state index is 0.292. The predicted octanol–water partition coefficient (Wildman–Crippen LogP) is 1.76. The highest BCUT2D eigenvalue weighted by molar-refractivity contribution is 4.94. The average molecular weight is 214 g/mol. The van der Waals surface area contributed by atoms with Crippen molar-refractivity contribution >= 4 is 0 Å². The lowest BCUT2D eigenvalue weighted by molar-refractivity contribution is 0.180. The molecule has 0 radical (unpaired) electrons. The summed E-state index contributed by atoms with van der Waals surface area (Å²) in [4.78, 5) is 4.62. The molecule has 2 rings (SSSR count). The first kappa shape index (κ1) is 11.3. The van der Waals surface area contributed by atoms with Crippen LogP contribution in [0.5, 0.6) is 0 Å². The Balaban J connectivity index is 2.02. The Bertz CT molecular complexity index is 222. The van der Waals surface area contributed by atoms with Gasteiger partial charge in [0, 0.05) is 13.1 Å². The zero-order valence-corrected chi connectivity index (χ0v) is 10.0. The lowest BCUT2D eigenvalue weighted by Gasteiger charge is -2.28. The third-order valence-corrected chi connectivity index (χ3v) is 4.15. The first-order chi connectivity index (χ1) is 7.13. The molecule has 1 spiro atoms. The molecule has 0 aliphatic carbocycles. The Hall–Kier alpha value is -0.150. The van der Waals surface area contributed by atoms with Crippen molar-refractivity contribution in [2.75, 3.05) is 39.8 Å². The van der Waals surface area contributed by atoms with Crippen molar-refractivity contribution in [3.63, 3.8) is 0 Å². The summed E-state index contributed by atoms with van der Waals surface area (Å²) >= 11 is 0. The molecule has 88 valence electrons. The SMILES string of the molecule is CCN1CCC2(CCN(C)CC(F)C2)C1. The fourth-order valence-corrected chi connectivity index (χ4v) is 3.16. The van der Waals surface area contributed by atoms with Crippen molar-refractivity contribution in [1.82, 2.24) is 9.80 Å². The molecular weight excluding hydrogens is 191 g/mol. The molecule has 2 atom stereocenters. The van der Waals surface area contributed by atoms with Gasteiger partial charge in [-0.05, 0) is 51.4 Å². The lowest BCUT2D eigenvalue weighted by Crippen LogP contribution is -2.29. The molecule has 3 heteroatoms. The second kappa shape index (κ2) is 4.38. The zero-order valence-electron chi connectivity index (χ0n) is 10.0. The Morgan fingerprint density at radius 1 is 1.33 bits per heavy atom. The van der Waals surface area contributed by atoms with Crippen molar-refractivity contribution < 1.29 is 4.39 Å². The van der Waals surface area contributed by atoms with Crippen LogP contribution in [0, 0.1) is 5.41 Å². The molecule has 0 N–H and O–H groups in total. The summed E-state index contributed by atoms with van der Waals surface area (Å²) in [6.07, 6.45) is 2.55. The third kappa shape index (κ3) is 2.51. The maximum atomic E-state index is 13.8. The van der Waals surface area contributed by atoms with Crippen LogP contribution in [0.15, 0.2) is 0 Å². The smallest absolute Gasteiger partial charge is 0.113 e. The van der Waals surface area contributed by atoms with E-state index in [4.69, 9.17) is 0 Å². The molecule has 15 heavy (non-hydrogen) atoms. The molecule has 0 aromatic carbocycles. The number of alkyl halides is 1. The monoisotopic (exact) mass is 214 g/mol. The highest BCUT2D eigenvalue weighted by atomic mass is 19.1. The minimum atomic E-state index is -0.616. The molecule has 2 unspecified atom stereocenters. The third-order valence-electron chi connectivity index (χ3n) is 4.15. The van der Waals surface area contributed by atoms with Crippen LogP contribution in [-0.2, 0) is 0 Å². The Kier molecular flexibility index (Phi) is 3.31. The summed E-state index contributed by atoms with van der Waals surface area (Å²) in [5.74, 6) is 0. The van der Waals surface area contributed by atoms with E-state index in [9.17, 15) is 4.39 Å². The molecule has 0 aromatic heterocycles. The maximum absolute atomic E-state index is 13.8. The van der Waals surface area contributed by atoms with Gasteiger partial charge in [0.15, 0.2) is 0 Å². The number of hydrogen-bond donors (Lipinski definition) is 0. The van der Waals surface area contributed by atoms with Crippen LogP contribution in [0.2, 0.25) is 0 Å². The molecule has 2 fully saturated rings. The Morgan fingerprint density at radius 2 is 2.07 bits per heavy atom. The second-order valence-corrected chi connectivity index (χ2v) is 5.43. The average Bonchev–Trinajstić information content (AvgIpc) is 2.52. The summed E-state index contributed by atoms with van der Waals surface area (Å²) in [5, 5.41) is 0. The van der Waals surface area contributed by atoms with E-state index in [-0.39, 0.29) is 0 Å². The fourth-order valence-electron chi connectivity index (χ4n) is 3.16. The molecule has 2 aliphatic rings. The van der Waals surface area contributed by atoms with Gasteiger partial charge in [-0.1, -0.05) is 6.92 Å². The number of halogens is 1. The second-order valence-electron chi connectivity index (χ2n) is 5.43. The van der Waals surface area contributed by atoms with Crippen molar-refractivity contribution in [1.29, 1.82) is 0 Å². The molecule has 0 aromatic rings. The topological polar surface area (TPSA) is 6.48 Å². The predicted molar refractivity (Wildman–Crippen MR) is 60.8 cm³/mol. The molecule has 2 aliphatic heterocycles. The van der Waals surface area contributed by atoms with Crippen LogP contribution in [0.4, 0.5) is 4.39 Å². The molecule has 0 saturated carbocycles. The fraction of sp³-hybridized carbons (Fsp3) is 1.00. The Labute approximate surface area is 92.4 Å². The van der Waals surface area contributed by atoms with E-state index in [0.717, 1.165) is 26.1 Å². The van der Waals surface area contributed by atoms with Gasteiger partial charge < -0.3 is 9.80 Å². The quantitative estimate of drug-likeness (QED) is 0.656. The van der Waals surface area contributed by atoms with Crippen LogP contribution in [0.1, 0.15) is 26.2 Å². The van der Waals surface area contributed by atoms with E-state index in [0.29, 0.717) is 12.0 Å². The summed E-state index contributed by atoms with van der Waals surface area (Å²) in [5.41, 5.74) is 0.292. The van der Waals surface area contributed by atoms with E-state index in [1.54, 1.807) is 0 Å². The molecule has 2 heterocycles. The van der Waals surface area contributed by atoms with Crippen molar-refractivity contribution in [2.24, 2.45) is 5.41 Å². The van der Waals surface area contributed by atoms with Crippen molar-refractivity contribution in [3.8, 4) is 0 Å². The van der Waals surface area contributed by atoms with Gasteiger partial charge in [0.2, 0.25) is 0 Å². The zero-order chi connectivity index (χ0) is 10.9. The van der Waals surface area contributed by atoms with Gasteiger partial charge in [0.1, 0.15) is 6.17 Å². The van der Waals surface area contributed by atoms with Gasteiger partial charge in [-0.25, -0.2) is 4.39 Å². The summed E-state index contributed by atoms with van der Waals surface area (Å²) in [6.45, 7) is 7.32. The summed E-state index contributed by atoms with van der Waals surface area (Å²) in [6, 6.07) is 0. The van der Waals surface area contributed by atoms with Crippen LogP contribution in [-0.4, -0.2) is 55.7 Å². The van der Waals surface area contributed by atoms with E-state index in [1.807, 2.05) is 7.05 Å². The van der Waals surface area contributed by atoms with Crippen LogP contribution < -0.4 is 0 Å². The molecular formula is C12H23FN2. The standard InChI is InChI=1S/C12H23FN2/c1-3-15-7-5-12(10-15)4-6-14(2)9-11(13)8-12/h11H,3-10H2,1-2H3. The van der Waals surface area contributed by atoms with E-state index in [1.165, 1.54) is 19.4 Å².